The molecule has 6 heteroatoms. The molecule has 2 aliphatic heterocycles. The molecule has 3 rings (SSSR count). The summed E-state index contributed by atoms with van der Waals surface area (Å²) < 4.78 is 0. The van der Waals surface area contributed by atoms with Crippen molar-refractivity contribution in [3.05, 3.63) is 35.4 Å². The zero-order valence-electron chi connectivity index (χ0n) is 16.5. The van der Waals surface area contributed by atoms with E-state index >= 15 is 0 Å². The van der Waals surface area contributed by atoms with Gasteiger partial charge in [-0.15, -0.1) is 0 Å². The Hall–Kier alpha value is -2.08. The fourth-order valence-electron chi connectivity index (χ4n) is 3.86. The van der Waals surface area contributed by atoms with Gasteiger partial charge >= 0.3 is 6.03 Å². The van der Waals surface area contributed by atoms with E-state index in [9.17, 15) is 9.59 Å². The van der Waals surface area contributed by atoms with E-state index in [1.165, 1.54) is 24.0 Å². The van der Waals surface area contributed by atoms with Gasteiger partial charge in [-0.25, -0.2) is 4.79 Å². The third-order valence-electron chi connectivity index (χ3n) is 5.72. The Labute approximate surface area is 162 Å². The van der Waals surface area contributed by atoms with Crippen LogP contribution in [0.1, 0.15) is 43.4 Å². The zero-order chi connectivity index (χ0) is 19.2. The summed E-state index contributed by atoms with van der Waals surface area (Å²) >= 11 is 0. The SMILES string of the molecule is Cc1ccc([C@@H](CNC(=O)N2CCCNC(=O)C2)N2CCC(C)CC2)cc1. The van der Waals surface area contributed by atoms with Crippen molar-refractivity contribution in [1.29, 1.82) is 0 Å². The smallest absolute Gasteiger partial charge is 0.317 e. The van der Waals surface area contributed by atoms with Crippen LogP contribution in [-0.2, 0) is 4.79 Å². The first-order valence-electron chi connectivity index (χ1n) is 10.1. The largest absolute Gasteiger partial charge is 0.354 e. The van der Waals surface area contributed by atoms with Gasteiger partial charge in [-0.05, 0) is 50.8 Å². The minimum absolute atomic E-state index is 0.0808. The number of nitrogens with one attached hydrogen (secondary N) is 2. The van der Waals surface area contributed by atoms with Crippen molar-refractivity contribution in [2.75, 3.05) is 39.3 Å². The van der Waals surface area contributed by atoms with Crippen LogP contribution in [0.4, 0.5) is 4.79 Å². The van der Waals surface area contributed by atoms with Crippen molar-refractivity contribution in [1.82, 2.24) is 20.4 Å². The van der Waals surface area contributed by atoms with Gasteiger partial charge in [-0.2, -0.15) is 0 Å². The number of hydrogen-bond donors (Lipinski definition) is 2. The maximum Gasteiger partial charge on any atom is 0.317 e. The third-order valence-corrected chi connectivity index (χ3v) is 5.72. The molecule has 0 aromatic heterocycles. The molecule has 6 nitrogen and oxygen atoms in total. The molecule has 1 aromatic rings. The number of carbonyl (C=O) groups excluding carboxylic acids is 2. The number of nitrogens with zero attached hydrogens (tertiary/aromatic N) is 2. The van der Waals surface area contributed by atoms with E-state index in [4.69, 9.17) is 0 Å². The Bertz CT molecular complexity index is 638. The predicted octanol–water partition coefficient (Wildman–Crippen LogP) is 2.30. The number of urea groups is 1. The van der Waals surface area contributed by atoms with E-state index in [-0.39, 0.29) is 24.5 Å². The highest BCUT2D eigenvalue weighted by Gasteiger charge is 2.26. The maximum absolute atomic E-state index is 12.6. The number of benzene rings is 1. The molecule has 0 radical (unpaired) electrons. The Morgan fingerprint density at radius 3 is 2.63 bits per heavy atom. The van der Waals surface area contributed by atoms with E-state index in [0.29, 0.717) is 19.6 Å². The Morgan fingerprint density at radius 1 is 1.22 bits per heavy atom. The zero-order valence-corrected chi connectivity index (χ0v) is 16.5. The summed E-state index contributed by atoms with van der Waals surface area (Å²) in [4.78, 5) is 28.5. The Balaban J connectivity index is 1.66. The topological polar surface area (TPSA) is 64.7 Å². The Morgan fingerprint density at radius 2 is 1.93 bits per heavy atom. The summed E-state index contributed by atoms with van der Waals surface area (Å²) in [5.41, 5.74) is 2.48. The van der Waals surface area contributed by atoms with Gasteiger partial charge in [0.2, 0.25) is 5.91 Å². The first kappa shape index (κ1) is 19.7. The molecule has 1 atom stereocenters. The number of rotatable bonds is 4. The highest BCUT2D eigenvalue weighted by molar-refractivity contribution is 5.84. The molecule has 2 aliphatic rings. The lowest BCUT2D eigenvalue weighted by Gasteiger charge is -2.37. The van der Waals surface area contributed by atoms with Crippen LogP contribution < -0.4 is 10.6 Å². The van der Waals surface area contributed by atoms with Gasteiger partial charge < -0.3 is 15.5 Å². The summed E-state index contributed by atoms with van der Waals surface area (Å²) in [5, 5.41) is 5.90. The normalized spacial score (nSPS) is 20.7. The van der Waals surface area contributed by atoms with Crippen LogP contribution in [0.25, 0.3) is 0 Å². The number of piperidine rings is 1. The first-order chi connectivity index (χ1) is 13.0. The summed E-state index contributed by atoms with van der Waals surface area (Å²) in [6, 6.07) is 8.64. The van der Waals surface area contributed by atoms with Gasteiger partial charge in [-0.1, -0.05) is 36.8 Å². The molecule has 148 valence electrons. The summed E-state index contributed by atoms with van der Waals surface area (Å²) in [6.45, 7) is 8.47. The molecule has 2 N–H and O–H groups in total. The summed E-state index contributed by atoms with van der Waals surface area (Å²) in [6.07, 6.45) is 3.19. The van der Waals surface area contributed by atoms with Crippen molar-refractivity contribution >= 4 is 11.9 Å². The van der Waals surface area contributed by atoms with E-state index in [1.54, 1.807) is 4.90 Å². The predicted molar refractivity (Wildman–Crippen MR) is 106 cm³/mol. The van der Waals surface area contributed by atoms with Gasteiger partial charge in [-0.3, -0.25) is 9.69 Å². The molecule has 0 unspecified atom stereocenters. The highest BCUT2D eigenvalue weighted by atomic mass is 16.2. The van der Waals surface area contributed by atoms with Crippen LogP contribution in [0.5, 0.6) is 0 Å². The summed E-state index contributed by atoms with van der Waals surface area (Å²) in [7, 11) is 0. The number of amides is 3. The van der Waals surface area contributed by atoms with Crippen LogP contribution in [0.2, 0.25) is 0 Å². The van der Waals surface area contributed by atoms with Gasteiger partial charge in [0.1, 0.15) is 6.54 Å². The quantitative estimate of drug-likeness (QED) is 0.852. The molecule has 0 aliphatic carbocycles. The average molecular weight is 373 g/mol. The fourth-order valence-corrected chi connectivity index (χ4v) is 3.86. The van der Waals surface area contributed by atoms with Crippen LogP contribution in [0.15, 0.2) is 24.3 Å². The van der Waals surface area contributed by atoms with E-state index in [1.807, 2.05) is 0 Å². The van der Waals surface area contributed by atoms with Crippen LogP contribution in [0.3, 0.4) is 0 Å². The van der Waals surface area contributed by atoms with Crippen molar-refractivity contribution in [3.8, 4) is 0 Å². The lowest BCUT2D eigenvalue weighted by Crippen LogP contribution is -2.47. The van der Waals surface area contributed by atoms with E-state index in [0.717, 1.165) is 25.4 Å². The lowest BCUT2D eigenvalue weighted by atomic mass is 9.95. The molecule has 27 heavy (non-hydrogen) atoms. The second-order valence-electron chi connectivity index (χ2n) is 7.96. The van der Waals surface area contributed by atoms with Crippen molar-refractivity contribution in [3.63, 3.8) is 0 Å². The van der Waals surface area contributed by atoms with Crippen LogP contribution in [-0.4, -0.2) is 61.0 Å². The minimum atomic E-state index is -0.144. The fraction of sp³-hybridized carbons (Fsp3) is 0.619. The van der Waals surface area contributed by atoms with Crippen LogP contribution in [0, 0.1) is 12.8 Å². The monoisotopic (exact) mass is 372 g/mol. The van der Waals surface area contributed by atoms with Crippen molar-refractivity contribution in [2.45, 2.75) is 39.2 Å². The molecule has 3 amide bonds. The molecule has 0 bridgehead atoms. The van der Waals surface area contributed by atoms with E-state index < -0.39 is 0 Å². The molecule has 2 heterocycles. The number of carbonyl (C=O) groups is 2. The molecule has 0 spiro atoms. The number of aryl methyl sites for hydroxylation is 1. The average Bonchev–Trinajstić information content (AvgIpc) is 2.89. The minimum Gasteiger partial charge on any atom is -0.354 e. The first-order valence-corrected chi connectivity index (χ1v) is 10.1. The molecule has 0 saturated carbocycles. The third kappa shape index (κ3) is 5.45. The molecular formula is C21H32N4O2. The van der Waals surface area contributed by atoms with Crippen molar-refractivity contribution < 1.29 is 9.59 Å². The molecule has 2 saturated heterocycles. The van der Waals surface area contributed by atoms with Gasteiger partial charge in [0.25, 0.3) is 0 Å². The molecule has 2 fully saturated rings. The van der Waals surface area contributed by atoms with Crippen LogP contribution >= 0.6 is 0 Å². The van der Waals surface area contributed by atoms with Gasteiger partial charge in [0.15, 0.2) is 0 Å². The van der Waals surface area contributed by atoms with E-state index in [2.05, 4.69) is 53.6 Å². The number of hydrogen-bond acceptors (Lipinski definition) is 3. The van der Waals surface area contributed by atoms with Gasteiger partial charge in [0.05, 0.1) is 6.04 Å². The highest BCUT2D eigenvalue weighted by Crippen LogP contribution is 2.26. The van der Waals surface area contributed by atoms with Crippen molar-refractivity contribution in [2.24, 2.45) is 5.92 Å². The summed E-state index contributed by atoms with van der Waals surface area (Å²) in [5.74, 6) is 0.688. The second kappa shape index (κ2) is 9.22. The Kier molecular flexibility index (Phi) is 6.72. The molecular weight excluding hydrogens is 340 g/mol. The maximum atomic E-state index is 12.6. The molecule has 1 aromatic carbocycles. The second-order valence-corrected chi connectivity index (χ2v) is 7.96. The number of likely N-dealkylation sites (tertiary alicyclic amines) is 1. The standard InChI is InChI=1S/C21H32N4O2/c1-16-4-6-18(7-5-16)19(24-12-8-17(2)9-13-24)14-23-21(27)25-11-3-10-22-20(26)15-25/h4-7,17,19H,3,8-15H2,1-2H3,(H,22,26)(H,23,27)/t19-/m1/s1. The lowest BCUT2D eigenvalue weighted by molar-refractivity contribution is -0.121. The van der Waals surface area contributed by atoms with Gasteiger partial charge in [0, 0.05) is 19.6 Å².